The van der Waals surface area contributed by atoms with Crippen molar-refractivity contribution in [1.82, 2.24) is 9.13 Å². The van der Waals surface area contributed by atoms with E-state index in [9.17, 15) is 4.79 Å². The Balaban J connectivity index is 1.73. The average molecular weight is 418 g/mol. The van der Waals surface area contributed by atoms with Gasteiger partial charge < -0.3 is 13.6 Å². The van der Waals surface area contributed by atoms with Gasteiger partial charge in [0.1, 0.15) is 5.58 Å². The first kappa shape index (κ1) is 18.7. The molecule has 32 heavy (non-hydrogen) atoms. The number of aromatic nitrogens is 2. The first-order valence-corrected chi connectivity index (χ1v) is 10.7. The minimum Gasteiger partial charge on any atom is -0.464 e. The van der Waals surface area contributed by atoms with Crippen LogP contribution in [-0.4, -0.2) is 9.13 Å². The number of rotatable bonds is 3. The third kappa shape index (κ3) is 2.66. The van der Waals surface area contributed by atoms with Gasteiger partial charge in [0.05, 0.1) is 11.6 Å². The van der Waals surface area contributed by atoms with Crippen LogP contribution in [0.3, 0.4) is 0 Å². The second-order valence-electron chi connectivity index (χ2n) is 8.37. The van der Waals surface area contributed by atoms with Gasteiger partial charge >= 0.3 is 0 Å². The van der Waals surface area contributed by atoms with E-state index in [0.717, 1.165) is 32.9 Å². The zero-order valence-corrected chi connectivity index (χ0v) is 17.9. The van der Waals surface area contributed by atoms with Crippen LogP contribution in [0.25, 0.3) is 32.8 Å². The number of aryl methyl sites for hydroxylation is 2. The maximum absolute atomic E-state index is 13.7. The van der Waals surface area contributed by atoms with Gasteiger partial charge in [-0.25, -0.2) is 0 Å². The van der Waals surface area contributed by atoms with Gasteiger partial charge in [-0.2, -0.15) is 0 Å². The second-order valence-corrected chi connectivity index (χ2v) is 8.37. The summed E-state index contributed by atoms with van der Waals surface area (Å²) < 4.78 is 10.2. The van der Waals surface area contributed by atoms with E-state index in [-0.39, 0.29) is 11.3 Å². The number of nitrogens with zero attached hydrogens (tertiary/aromatic N) is 2. The summed E-state index contributed by atoms with van der Waals surface area (Å²) in [5, 5.41) is 2.89. The summed E-state index contributed by atoms with van der Waals surface area (Å²) in [4.78, 5) is 13.7. The lowest BCUT2D eigenvalue weighted by Crippen LogP contribution is -2.15. The highest BCUT2D eigenvalue weighted by Gasteiger charge is 2.27. The van der Waals surface area contributed by atoms with Crippen LogP contribution in [0, 0.1) is 0 Å². The fourth-order valence-corrected chi connectivity index (χ4v) is 5.00. The van der Waals surface area contributed by atoms with Crippen molar-refractivity contribution < 1.29 is 4.42 Å². The fraction of sp³-hybridized carbons (Fsp3) is 0.107. The van der Waals surface area contributed by atoms with Crippen LogP contribution < -0.4 is 5.43 Å². The van der Waals surface area contributed by atoms with E-state index in [1.807, 2.05) is 36.4 Å². The van der Waals surface area contributed by atoms with Gasteiger partial charge in [0, 0.05) is 59.8 Å². The number of hydrogen-bond acceptors (Lipinski definition) is 2. The number of hydrogen-bond donors (Lipinski definition) is 0. The highest BCUT2D eigenvalue weighted by atomic mass is 16.3. The van der Waals surface area contributed by atoms with Crippen LogP contribution in [0.5, 0.6) is 0 Å². The average Bonchev–Trinajstić information content (AvgIpc) is 3.34. The van der Waals surface area contributed by atoms with Crippen molar-refractivity contribution in [2.75, 3.05) is 0 Å². The molecule has 0 saturated heterocycles. The quantitative estimate of drug-likeness (QED) is 0.356. The molecule has 0 N–H and O–H groups in total. The highest BCUT2D eigenvalue weighted by molar-refractivity contribution is 5.90. The molecule has 156 valence electrons. The molecule has 0 fully saturated rings. The lowest BCUT2D eigenvalue weighted by molar-refractivity contribution is 0.591. The molecule has 0 amide bonds. The highest BCUT2D eigenvalue weighted by Crippen LogP contribution is 2.39. The topological polar surface area (TPSA) is 40.1 Å². The number of para-hydroxylation sites is 3. The molecule has 3 heterocycles. The van der Waals surface area contributed by atoms with Crippen LogP contribution in [0.4, 0.5) is 0 Å². The molecule has 0 unspecified atom stereocenters. The Bertz CT molecular complexity index is 1600. The molecule has 3 aromatic carbocycles. The monoisotopic (exact) mass is 418 g/mol. The van der Waals surface area contributed by atoms with Gasteiger partial charge in [-0.1, -0.05) is 48.5 Å². The summed E-state index contributed by atoms with van der Waals surface area (Å²) in [7, 11) is 4.10. The predicted molar refractivity (Wildman–Crippen MR) is 129 cm³/mol. The van der Waals surface area contributed by atoms with Crippen molar-refractivity contribution in [3.8, 4) is 0 Å². The van der Waals surface area contributed by atoms with Crippen LogP contribution in [0.15, 0.2) is 101 Å². The van der Waals surface area contributed by atoms with Gasteiger partial charge in [-0.15, -0.1) is 0 Å². The van der Waals surface area contributed by atoms with Crippen molar-refractivity contribution in [2.24, 2.45) is 14.1 Å². The van der Waals surface area contributed by atoms with Gasteiger partial charge in [-0.05, 0) is 35.4 Å². The van der Waals surface area contributed by atoms with E-state index in [1.165, 1.54) is 0 Å². The Morgan fingerprint density at radius 3 is 1.75 bits per heavy atom. The van der Waals surface area contributed by atoms with E-state index in [0.29, 0.717) is 16.5 Å². The first-order valence-electron chi connectivity index (χ1n) is 10.7. The molecular weight excluding hydrogens is 396 g/mol. The maximum Gasteiger partial charge on any atom is 0.196 e. The Morgan fingerprint density at radius 1 is 0.656 bits per heavy atom. The third-order valence-electron chi connectivity index (χ3n) is 6.50. The van der Waals surface area contributed by atoms with Crippen molar-refractivity contribution in [3.63, 3.8) is 0 Å². The Labute approximate surface area is 184 Å². The fourth-order valence-electron chi connectivity index (χ4n) is 5.00. The SMILES string of the molecule is Cn1cc(C(c2coc3ccccc3c2=O)c2cn(C)c3ccccc23)c2ccccc21. The van der Waals surface area contributed by atoms with E-state index < -0.39 is 0 Å². The molecule has 6 rings (SSSR count). The summed E-state index contributed by atoms with van der Waals surface area (Å²) >= 11 is 0. The summed E-state index contributed by atoms with van der Waals surface area (Å²) in [6.45, 7) is 0. The molecule has 0 atom stereocenters. The van der Waals surface area contributed by atoms with Gasteiger partial charge in [0.2, 0.25) is 0 Å². The van der Waals surface area contributed by atoms with Crippen molar-refractivity contribution >= 4 is 32.8 Å². The standard InChI is InChI=1S/C28H22N2O2/c1-29-15-21(18-9-3-6-12-24(18)29)27(22-16-30(2)25-13-7-4-10-19(22)25)23-17-32-26-14-8-5-11-20(26)28(23)31/h3-17,27H,1-2H3. The van der Waals surface area contributed by atoms with E-state index in [1.54, 1.807) is 6.26 Å². The van der Waals surface area contributed by atoms with Gasteiger partial charge in [0.25, 0.3) is 0 Å². The molecule has 0 saturated carbocycles. The molecule has 0 bridgehead atoms. The predicted octanol–water partition coefficient (Wildman–Crippen LogP) is 5.96. The smallest absolute Gasteiger partial charge is 0.196 e. The van der Waals surface area contributed by atoms with Crippen molar-refractivity contribution in [1.29, 1.82) is 0 Å². The molecule has 4 nitrogen and oxygen atoms in total. The first-order chi connectivity index (χ1) is 15.6. The minimum absolute atomic E-state index is 0.0118. The molecule has 0 aliphatic heterocycles. The molecule has 0 aliphatic carbocycles. The van der Waals surface area contributed by atoms with E-state index >= 15 is 0 Å². The normalized spacial score (nSPS) is 11.8. The largest absolute Gasteiger partial charge is 0.464 e. The Morgan fingerprint density at radius 2 is 1.16 bits per heavy atom. The molecule has 4 heteroatoms. The third-order valence-corrected chi connectivity index (χ3v) is 6.50. The summed E-state index contributed by atoms with van der Waals surface area (Å²) in [5.74, 6) is -0.256. The molecular formula is C28H22N2O2. The van der Waals surface area contributed by atoms with E-state index in [2.05, 4.69) is 72.0 Å². The number of fused-ring (bicyclic) bond motifs is 3. The van der Waals surface area contributed by atoms with Gasteiger partial charge in [0.15, 0.2) is 5.43 Å². The van der Waals surface area contributed by atoms with Gasteiger partial charge in [-0.3, -0.25) is 4.79 Å². The summed E-state index contributed by atoms with van der Waals surface area (Å²) in [6.07, 6.45) is 5.94. The lowest BCUT2D eigenvalue weighted by atomic mass is 9.85. The summed E-state index contributed by atoms with van der Waals surface area (Å²) in [6, 6.07) is 24.1. The molecule has 0 aliphatic rings. The molecule has 3 aromatic heterocycles. The summed E-state index contributed by atoms with van der Waals surface area (Å²) in [5.41, 5.74) is 5.74. The van der Waals surface area contributed by atoms with Crippen molar-refractivity contribution in [2.45, 2.75) is 5.92 Å². The zero-order chi connectivity index (χ0) is 21.8. The molecule has 0 spiro atoms. The van der Waals surface area contributed by atoms with Crippen LogP contribution in [0.2, 0.25) is 0 Å². The molecule has 0 radical (unpaired) electrons. The molecule has 6 aromatic rings. The van der Waals surface area contributed by atoms with E-state index in [4.69, 9.17) is 4.42 Å². The number of benzene rings is 3. The van der Waals surface area contributed by atoms with Crippen LogP contribution in [-0.2, 0) is 14.1 Å². The second kappa shape index (κ2) is 6.99. The maximum atomic E-state index is 13.7. The Kier molecular flexibility index (Phi) is 4.08. The minimum atomic E-state index is -0.256. The lowest BCUT2D eigenvalue weighted by Gasteiger charge is -2.17. The Hall–Kier alpha value is -4.05. The van der Waals surface area contributed by atoms with Crippen LogP contribution >= 0.6 is 0 Å². The van der Waals surface area contributed by atoms with Crippen LogP contribution in [0.1, 0.15) is 22.6 Å². The van der Waals surface area contributed by atoms with Crippen molar-refractivity contribution in [3.05, 3.63) is 118 Å². The zero-order valence-electron chi connectivity index (χ0n) is 17.9.